The van der Waals surface area contributed by atoms with Crippen LogP contribution in [0, 0.1) is 11.7 Å². The number of anilines is 2. The zero-order chi connectivity index (χ0) is 32.1. The number of fused-ring (bicyclic) bond motifs is 6. The molecule has 0 aliphatic carbocycles. The fraction of sp³-hybridized carbons (Fsp3) is 0.125. The molecule has 1 amide bonds. The van der Waals surface area contributed by atoms with E-state index in [0.29, 0.717) is 11.3 Å². The summed E-state index contributed by atoms with van der Waals surface area (Å²) in [6, 6.07) is 37.2. The zero-order valence-electron chi connectivity index (χ0n) is 25.1. The number of ether oxygens (including phenoxy) is 1. The van der Waals surface area contributed by atoms with E-state index in [2.05, 4.69) is 5.32 Å². The van der Waals surface area contributed by atoms with E-state index in [1.165, 1.54) is 24.3 Å². The molecule has 6 nitrogen and oxygen atoms in total. The van der Waals surface area contributed by atoms with E-state index in [0.717, 1.165) is 22.4 Å². The van der Waals surface area contributed by atoms with Crippen molar-refractivity contribution in [1.29, 1.82) is 0 Å². The first-order valence-corrected chi connectivity index (χ1v) is 15.5. The highest BCUT2D eigenvalue weighted by Crippen LogP contribution is 2.58. The van der Waals surface area contributed by atoms with Crippen molar-refractivity contribution in [3.63, 3.8) is 0 Å². The van der Waals surface area contributed by atoms with Gasteiger partial charge in [-0.05, 0) is 58.7 Å². The molecular weight excluding hydrogens is 591 g/mol. The average molecular weight is 621 g/mol. The number of nitrogens with one attached hydrogen (secondary N) is 1. The predicted molar refractivity (Wildman–Crippen MR) is 177 cm³/mol. The first-order valence-electron chi connectivity index (χ1n) is 15.5. The summed E-state index contributed by atoms with van der Waals surface area (Å²) < 4.78 is 20.6. The second-order valence-corrected chi connectivity index (χ2v) is 12.1. The largest absolute Gasteiger partial charge is 0.452 e. The second kappa shape index (κ2) is 11.2. The van der Waals surface area contributed by atoms with Gasteiger partial charge in [-0.1, -0.05) is 109 Å². The second-order valence-electron chi connectivity index (χ2n) is 12.1. The Bertz CT molecular complexity index is 2010. The molecule has 4 unspecified atom stereocenters. The van der Waals surface area contributed by atoms with Crippen LogP contribution in [-0.4, -0.2) is 29.7 Å². The van der Waals surface area contributed by atoms with Gasteiger partial charge in [0.2, 0.25) is 5.91 Å². The third kappa shape index (κ3) is 4.41. The highest BCUT2D eigenvalue weighted by molar-refractivity contribution is 6.15. The number of hydrogen-bond donors (Lipinski definition) is 1. The number of carbonyl (C=O) groups is 3. The molecule has 1 fully saturated rings. The van der Waals surface area contributed by atoms with Gasteiger partial charge in [-0.3, -0.25) is 14.4 Å². The minimum Gasteiger partial charge on any atom is -0.452 e. The normalized spacial score (nSPS) is 22.0. The van der Waals surface area contributed by atoms with E-state index in [1.807, 2.05) is 120 Å². The molecule has 7 heteroatoms. The van der Waals surface area contributed by atoms with Crippen LogP contribution in [0.3, 0.4) is 0 Å². The van der Waals surface area contributed by atoms with Crippen LogP contribution in [0.2, 0.25) is 0 Å². The molecule has 3 aliphatic heterocycles. The Morgan fingerprint density at radius 2 is 1.38 bits per heavy atom. The van der Waals surface area contributed by atoms with E-state index in [-0.39, 0.29) is 11.5 Å². The van der Waals surface area contributed by atoms with Gasteiger partial charge in [-0.2, -0.15) is 0 Å². The van der Waals surface area contributed by atoms with E-state index >= 15 is 4.79 Å². The molecule has 0 radical (unpaired) electrons. The van der Waals surface area contributed by atoms with E-state index in [4.69, 9.17) is 4.74 Å². The molecule has 0 saturated carbocycles. The van der Waals surface area contributed by atoms with Gasteiger partial charge in [0.1, 0.15) is 23.2 Å². The summed E-state index contributed by atoms with van der Waals surface area (Å²) in [7, 11) is 0. The maximum absolute atomic E-state index is 15.1. The number of halogens is 1. The van der Waals surface area contributed by atoms with Crippen molar-refractivity contribution in [1.82, 2.24) is 0 Å². The van der Waals surface area contributed by atoms with Gasteiger partial charge in [0.25, 0.3) is 0 Å². The Hall–Kier alpha value is -5.82. The highest BCUT2D eigenvalue weighted by atomic mass is 19.1. The molecule has 1 N–H and O–H groups in total. The number of carbonyl (C=O) groups excluding carboxylic acids is 3. The minimum atomic E-state index is -1.52. The van der Waals surface area contributed by atoms with Gasteiger partial charge in [0.05, 0.1) is 6.04 Å². The van der Waals surface area contributed by atoms with Crippen LogP contribution in [0.25, 0.3) is 6.08 Å². The number of para-hydroxylation sites is 2. The molecule has 47 heavy (non-hydrogen) atoms. The minimum absolute atomic E-state index is 0.228. The lowest BCUT2D eigenvalue weighted by Crippen LogP contribution is -2.51. The number of Topliss-reactive ketones (excluding diaryl/α,β-unsaturated/α-hetero) is 1. The van der Waals surface area contributed by atoms with Gasteiger partial charge in [0.15, 0.2) is 11.9 Å². The van der Waals surface area contributed by atoms with Crippen molar-refractivity contribution < 1.29 is 23.5 Å². The Morgan fingerprint density at radius 1 is 0.766 bits per heavy atom. The predicted octanol–water partition coefficient (Wildman–Crippen LogP) is 7.13. The summed E-state index contributed by atoms with van der Waals surface area (Å²) in [5.41, 5.74) is 2.98. The van der Waals surface area contributed by atoms with Crippen molar-refractivity contribution in [2.75, 3.05) is 10.2 Å². The average Bonchev–Trinajstić information content (AvgIpc) is 3.60. The number of hydrogen-bond acceptors (Lipinski definition) is 5. The topological polar surface area (TPSA) is 75.7 Å². The van der Waals surface area contributed by atoms with Crippen molar-refractivity contribution in [2.24, 2.45) is 5.92 Å². The van der Waals surface area contributed by atoms with Gasteiger partial charge in [0, 0.05) is 16.9 Å². The van der Waals surface area contributed by atoms with Gasteiger partial charge in [-0.25, -0.2) is 4.39 Å². The third-order valence-corrected chi connectivity index (χ3v) is 9.63. The summed E-state index contributed by atoms with van der Waals surface area (Å²) in [5, 5.41) is 3.03. The molecule has 1 saturated heterocycles. The first-order chi connectivity index (χ1) is 23.0. The van der Waals surface area contributed by atoms with Gasteiger partial charge in [-0.15, -0.1) is 0 Å². The molecule has 3 heterocycles. The van der Waals surface area contributed by atoms with Crippen LogP contribution in [0.1, 0.15) is 38.7 Å². The van der Waals surface area contributed by atoms with E-state index < -0.39 is 47.1 Å². The molecule has 4 atom stereocenters. The summed E-state index contributed by atoms with van der Waals surface area (Å²) in [4.78, 5) is 46.4. The molecule has 5 aromatic rings. The molecule has 0 bridgehead atoms. The van der Waals surface area contributed by atoms with Crippen LogP contribution in [-0.2, 0) is 19.7 Å². The molecule has 0 aromatic heterocycles. The fourth-order valence-corrected chi connectivity index (χ4v) is 7.64. The fourth-order valence-electron chi connectivity index (χ4n) is 7.64. The summed E-state index contributed by atoms with van der Waals surface area (Å²) in [6.45, 7) is 0. The maximum atomic E-state index is 15.1. The van der Waals surface area contributed by atoms with Crippen LogP contribution < -0.4 is 10.2 Å². The monoisotopic (exact) mass is 620 g/mol. The quantitative estimate of drug-likeness (QED) is 0.162. The lowest BCUT2D eigenvalue weighted by atomic mass is 9.66. The zero-order valence-corrected chi connectivity index (χ0v) is 25.1. The Morgan fingerprint density at radius 3 is 2.09 bits per heavy atom. The SMILES string of the molecule is O=C(c1ccc(F)cc1)C1C(C(=O)OC(c2ccccc2)c2ccccc2)C2(C(=O)Nc3ccccc32)C2C=Cc3ccccc3N12. The first kappa shape index (κ1) is 28.6. The number of rotatable bonds is 6. The molecule has 5 aromatic carbocycles. The highest BCUT2D eigenvalue weighted by Gasteiger charge is 2.71. The Labute approximate surface area is 271 Å². The molecule has 230 valence electrons. The molecule has 8 rings (SSSR count). The molecule has 1 spiro atoms. The lowest BCUT2D eigenvalue weighted by molar-refractivity contribution is -0.156. The van der Waals surface area contributed by atoms with Crippen LogP contribution >= 0.6 is 0 Å². The maximum Gasteiger partial charge on any atom is 0.314 e. The smallest absolute Gasteiger partial charge is 0.314 e. The number of nitrogens with zero attached hydrogens (tertiary/aromatic N) is 1. The van der Waals surface area contributed by atoms with Gasteiger partial charge >= 0.3 is 5.97 Å². The number of esters is 1. The molecule has 3 aliphatic rings. The number of benzene rings is 5. The third-order valence-electron chi connectivity index (χ3n) is 9.63. The van der Waals surface area contributed by atoms with Crippen molar-refractivity contribution >= 4 is 35.1 Å². The van der Waals surface area contributed by atoms with Crippen molar-refractivity contribution in [2.45, 2.75) is 23.6 Å². The van der Waals surface area contributed by atoms with E-state index in [1.54, 1.807) is 6.07 Å². The van der Waals surface area contributed by atoms with Crippen LogP contribution in [0.4, 0.5) is 15.8 Å². The van der Waals surface area contributed by atoms with Gasteiger partial charge < -0.3 is 15.0 Å². The number of ketones is 1. The lowest BCUT2D eigenvalue weighted by Gasteiger charge is -2.37. The van der Waals surface area contributed by atoms with Crippen molar-refractivity contribution in [3.8, 4) is 0 Å². The molecular formula is C40H29FN2O4. The van der Waals surface area contributed by atoms with Crippen LogP contribution in [0.15, 0.2) is 140 Å². The number of amides is 1. The summed E-state index contributed by atoms with van der Waals surface area (Å²) >= 11 is 0. The standard InChI is InChI=1S/C40H29FN2O4/c41-29-22-19-26(20-23-29)36(44)35-34(38(45)47-37(27-12-3-1-4-13-27)28-14-5-2-6-15-28)40(30-16-8-9-17-31(30)42-39(40)46)33-24-21-25-11-7-10-18-32(25)43(33)35/h1-24,33-35,37H,(H,42,46). The Balaban J connectivity index is 1.36. The van der Waals surface area contributed by atoms with Crippen LogP contribution in [0.5, 0.6) is 0 Å². The van der Waals surface area contributed by atoms with E-state index in [9.17, 15) is 14.0 Å². The Kier molecular flexibility index (Phi) is 6.83. The van der Waals surface area contributed by atoms with Crippen molar-refractivity contribution in [3.05, 3.63) is 173 Å². The summed E-state index contributed by atoms with van der Waals surface area (Å²) in [5.74, 6) is -3.24. The summed E-state index contributed by atoms with van der Waals surface area (Å²) in [6.07, 6.45) is 3.05.